The van der Waals surface area contributed by atoms with Gasteiger partial charge in [0.2, 0.25) is 0 Å². The molecule has 0 aliphatic heterocycles. The molecule has 1 aromatic carbocycles. The van der Waals surface area contributed by atoms with Crippen LogP contribution in [0.4, 0.5) is 11.5 Å². The quantitative estimate of drug-likeness (QED) is 0.663. The number of nitrogen functional groups attached to an aromatic ring is 2. The van der Waals surface area contributed by atoms with Crippen LogP contribution in [0.3, 0.4) is 0 Å². The first-order valence-electron chi connectivity index (χ1n) is 4.25. The summed E-state index contributed by atoms with van der Waals surface area (Å²) < 4.78 is 0. The molecular formula is C11H10N3. The first-order chi connectivity index (χ1) is 6.75. The van der Waals surface area contributed by atoms with Crippen LogP contribution in [-0.4, -0.2) is 4.98 Å². The molecule has 14 heavy (non-hydrogen) atoms. The van der Waals surface area contributed by atoms with Crippen molar-refractivity contribution in [2.75, 3.05) is 11.5 Å². The molecule has 0 bridgehead atoms. The third kappa shape index (κ3) is 1.66. The number of benzene rings is 1. The van der Waals surface area contributed by atoms with Gasteiger partial charge in [-0.1, -0.05) is 12.1 Å². The molecule has 0 atom stereocenters. The molecule has 1 heterocycles. The van der Waals surface area contributed by atoms with Gasteiger partial charge >= 0.3 is 0 Å². The minimum Gasteiger partial charge on any atom is -0.399 e. The van der Waals surface area contributed by atoms with Gasteiger partial charge < -0.3 is 11.5 Å². The van der Waals surface area contributed by atoms with Crippen LogP contribution in [0.15, 0.2) is 36.5 Å². The molecule has 3 nitrogen and oxygen atoms in total. The van der Waals surface area contributed by atoms with Crippen molar-refractivity contribution in [3.8, 4) is 11.1 Å². The Balaban J connectivity index is 2.44. The highest BCUT2D eigenvalue weighted by Gasteiger charge is 1.98. The lowest BCUT2D eigenvalue weighted by molar-refractivity contribution is 1.33. The molecular weight excluding hydrogens is 174 g/mol. The molecule has 1 radical (unpaired) electrons. The van der Waals surface area contributed by atoms with Crippen molar-refractivity contribution in [3.05, 3.63) is 42.6 Å². The van der Waals surface area contributed by atoms with E-state index in [1.165, 1.54) is 0 Å². The summed E-state index contributed by atoms with van der Waals surface area (Å²) >= 11 is 0. The van der Waals surface area contributed by atoms with E-state index < -0.39 is 0 Å². The number of anilines is 2. The van der Waals surface area contributed by atoms with Crippen LogP contribution in [-0.2, 0) is 0 Å². The number of rotatable bonds is 1. The Morgan fingerprint density at radius 1 is 1.00 bits per heavy atom. The van der Waals surface area contributed by atoms with Crippen LogP contribution in [0.1, 0.15) is 0 Å². The second kappa shape index (κ2) is 3.38. The van der Waals surface area contributed by atoms with Gasteiger partial charge in [0.25, 0.3) is 0 Å². The van der Waals surface area contributed by atoms with Gasteiger partial charge in [0.15, 0.2) is 0 Å². The molecule has 0 aliphatic rings. The Morgan fingerprint density at radius 3 is 2.36 bits per heavy atom. The zero-order valence-electron chi connectivity index (χ0n) is 7.57. The van der Waals surface area contributed by atoms with Crippen molar-refractivity contribution < 1.29 is 0 Å². The zero-order chi connectivity index (χ0) is 9.97. The lowest BCUT2D eigenvalue weighted by Crippen LogP contribution is -1.90. The van der Waals surface area contributed by atoms with E-state index >= 15 is 0 Å². The van der Waals surface area contributed by atoms with Crippen molar-refractivity contribution in [1.82, 2.24) is 4.98 Å². The lowest BCUT2D eigenvalue weighted by atomic mass is 10.1. The molecule has 0 fully saturated rings. The molecule has 0 amide bonds. The Bertz CT molecular complexity index is 435. The highest BCUT2D eigenvalue weighted by Crippen LogP contribution is 2.20. The predicted molar refractivity (Wildman–Crippen MR) is 57.3 cm³/mol. The summed E-state index contributed by atoms with van der Waals surface area (Å²) in [6.45, 7) is 0. The second-order valence-corrected chi connectivity index (χ2v) is 2.99. The summed E-state index contributed by atoms with van der Waals surface area (Å²) in [5.41, 5.74) is 13.8. The van der Waals surface area contributed by atoms with E-state index in [1.54, 1.807) is 6.20 Å². The number of nitrogens with two attached hydrogens (primary N) is 2. The van der Waals surface area contributed by atoms with Crippen molar-refractivity contribution in [3.63, 3.8) is 0 Å². The van der Waals surface area contributed by atoms with Crippen molar-refractivity contribution in [1.29, 1.82) is 0 Å². The molecule has 69 valence electrons. The highest BCUT2D eigenvalue weighted by atomic mass is 14.8. The van der Waals surface area contributed by atoms with Crippen molar-refractivity contribution in [2.24, 2.45) is 0 Å². The molecule has 0 spiro atoms. The van der Waals surface area contributed by atoms with Gasteiger partial charge in [-0.15, -0.1) is 0 Å². The van der Waals surface area contributed by atoms with Crippen molar-refractivity contribution in [2.45, 2.75) is 0 Å². The fraction of sp³-hybridized carbons (Fsp3) is 0. The number of aromatic nitrogens is 1. The van der Waals surface area contributed by atoms with Gasteiger partial charge in [-0.05, 0) is 29.3 Å². The topological polar surface area (TPSA) is 64.9 Å². The van der Waals surface area contributed by atoms with Crippen LogP contribution >= 0.6 is 0 Å². The number of nitrogens with zero attached hydrogens (tertiary/aromatic N) is 1. The van der Waals surface area contributed by atoms with Gasteiger partial charge in [-0.3, -0.25) is 0 Å². The maximum absolute atomic E-state index is 5.59. The van der Waals surface area contributed by atoms with Gasteiger partial charge in [-0.2, -0.15) is 0 Å². The smallest absolute Gasteiger partial charge is 0.132 e. The van der Waals surface area contributed by atoms with E-state index in [4.69, 9.17) is 11.5 Å². The van der Waals surface area contributed by atoms with E-state index in [9.17, 15) is 0 Å². The normalized spacial score (nSPS) is 10.0. The second-order valence-electron chi connectivity index (χ2n) is 2.99. The summed E-state index contributed by atoms with van der Waals surface area (Å²) in [5, 5.41) is 0. The number of hydrogen-bond donors (Lipinski definition) is 2. The largest absolute Gasteiger partial charge is 0.399 e. The van der Waals surface area contributed by atoms with Crippen LogP contribution in [0.5, 0.6) is 0 Å². The minimum atomic E-state index is 0.402. The lowest BCUT2D eigenvalue weighted by Gasteiger charge is -2.01. The molecule has 0 saturated carbocycles. The predicted octanol–water partition coefficient (Wildman–Crippen LogP) is 1.71. The van der Waals surface area contributed by atoms with Gasteiger partial charge in [0.05, 0.1) is 0 Å². The fourth-order valence-electron chi connectivity index (χ4n) is 1.24. The summed E-state index contributed by atoms with van der Waals surface area (Å²) in [4.78, 5) is 3.88. The van der Waals surface area contributed by atoms with E-state index in [1.807, 2.05) is 30.3 Å². The van der Waals surface area contributed by atoms with Crippen LogP contribution in [0.2, 0.25) is 0 Å². The molecule has 2 rings (SSSR count). The van der Waals surface area contributed by atoms with Crippen molar-refractivity contribution >= 4 is 11.5 Å². The van der Waals surface area contributed by atoms with Crippen LogP contribution in [0.25, 0.3) is 11.1 Å². The summed E-state index contributed by atoms with van der Waals surface area (Å²) in [5.74, 6) is 0.402. The van der Waals surface area contributed by atoms with Gasteiger partial charge in [-0.25, -0.2) is 4.98 Å². The molecule has 4 N–H and O–H groups in total. The summed E-state index contributed by atoms with van der Waals surface area (Å²) in [6.07, 6.45) is 1.66. The molecule has 0 aliphatic carbocycles. The molecule has 0 saturated heterocycles. The first-order valence-corrected chi connectivity index (χ1v) is 4.25. The zero-order valence-corrected chi connectivity index (χ0v) is 7.57. The average molecular weight is 184 g/mol. The van der Waals surface area contributed by atoms with Crippen LogP contribution in [0, 0.1) is 6.07 Å². The van der Waals surface area contributed by atoms with Gasteiger partial charge in [0, 0.05) is 18.0 Å². The highest BCUT2D eigenvalue weighted by molar-refractivity contribution is 5.66. The molecule has 3 heteroatoms. The number of pyridine rings is 1. The average Bonchev–Trinajstić information content (AvgIpc) is 2.19. The monoisotopic (exact) mass is 184 g/mol. The third-order valence-electron chi connectivity index (χ3n) is 1.94. The summed E-state index contributed by atoms with van der Waals surface area (Å²) in [6, 6.07) is 12.4. The van der Waals surface area contributed by atoms with E-state index in [0.717, 1.165) is 16.8 Å². The minimum absolute atomic E-state index is 0.402. The summed E-state index contributed by atoms with van der Waals surface area (Å²) in [7, 11) is 0. The van der Waals surface area contributed by atoms with E-state index in [2.05, 4.69) is 11.1 Å². The number of hydrogen-bond acceptors (Lipinski definition) is 3. The first kappa shape index (κ1) is 8.56. The molecule has 0 unspecified atom stereocenters. The van der Waals surface area contributed by atoms with Gasteiger partial charge in [0.1, 0.15) is 5.82 Å². The van der Waals surface area contributed by atoms with E-state index in [0.29, 0.717) is 5.82 Å². The molecule has 1 aromatic heterocycles. The Kier molecular flexibility index (Phi) is 2.07. The Labute approximate surface area is 82.4 Å². The maximum atomic E-state index is 5.59. The Hall–Kier alpha value is -2.03. The van der Waals surface area contributed by atoms with E-state index in [-0.39, 0.29) is 0 Å². The SMILES string of the molecule is Nc1ccc(-c2[c]c(N)ncc2)cc1. The maximum Gasteiger partial charge on any atom is 0.132 e. The fourth-order valence-corrected chi connectivity index (χ4v) is 1.24. The van der Waals surface area contributed by atoms with Crippen LogP contribution < -0.4 is 11.5 Å². The molecule has 2 aromatic rings. The third-order valence-corrected chi connectivity index (χ3v) is 1.94. The standard InChI is InChI=1S/C11H10N3/c12-10-3-1-8(2-4-10)9-5-6-14-11(13)7-9/h1-6H,12H2,(H2,13,14). The Morgan fingerprint density at radius 2 is 1.71 bits per heavy atom.